The third-order valence-corrected chi connectivity index (χ3v) is 7.61. The fourth-order valence-electron chi connectivity index (χ4n) is 5.33. The van der Waals surface area contributed by atoms with Crippen LogP contribution < -0.4 is 25.2 Å². The van der Waals surface area contributed by atoms with Gasteiger partial charge in [-0.3, -0.25) is 9.59 Å². The number of alkyl halides is 2. The molecule has 0 atom stereocenters. The van der Waals surface area contributed by atoms with Crippen LogP contribution in [0.25, 0.3) is 0 Å². The Balaban J connectivity index is 1.41. The van der Waals surface area contributed by atoms with Crippen LogP contribution in [0.1, 0.15) is 49.9 Å². The molecular weight excluding hydrogens is 510 g/mol. The second-order valence-corrected chi connectivity index (χ2v) is 11.1. The molecule has 2 N–H and O–H groups in total. The SMILES string of the molecule is COc1cc(C(=O)NC2CCOCC2)ccc1Nc1ncc2c(n1)N(C1CC(F)(F)C1)CC(C)(C)C(=O)N2C. The molecule has 0 spiro atoms. The Morgan fingerprint density at radius 3 is 2.59 bits per heavy atom. The number of carbonyl (C=O) groups excluding carboxylic acids is 2. The van der Waals surface area contributed by atoms with E-state index in [9.17, 15) is 18.4 Å². The number of carbonyl (C=O) groups is 2. The normalized spacial score (nSPS) is 21.0. The van der Waals surface area contributed by atoms with Crippen LogP contribution in [0.5, 0.6) is 5.75 Å². The molecule has 1 saturated carbocycles. The van der Waals surface area contributed by atoms with E-state index >= 15 is 0 Å². The molecule has 3 heterocycles. The van der Waals surface area contributed by atoms with Crippen LogP contribution in [0, 0.1) is 5.41 Å². The Hall–Kier alpha value is -3.54. The van der Waals surface area contributed by atoms with Crippen LogP contribution in [0.4, 0.5) is 31.9 Å². The molecule has 2 fully saturated rings. The zero-order valence-electron chi connectivity index (χ0n) is 22.6. The Morgan fingerprint density at radius 2 is 1.92 bits per heavy atom. The van der Waals surface area contributed by atoms with Crippen molar-refractivity contribution in [1.82, 2.24) is 15.3 Å². The van der Waals surface area contributed by atoms with E-state index in [2.05, 4.69) is 20.6 Å². The molecule has 2 amide bonds. The molecule has 2 aromatic rings. The number of rotatable bonds is 6. The molecule has 2 aliphatic heterocycles. The van der Waals surface area contributed by atoms with E-state index in [-0.39, 0.29) is 43.2 Å². The van der Waals surface area contributed by atoms with Gasteiger partial charge in [0.2, 0.25) is 11.9 Å². The van der Waals surface area contributed by atoms with E-state index in [1.807, 2.05) is 4.90 Å². The second kappa shape index (κ2) is 10.2. The summed E-state index contributed by atoms with van der Waals surface area (Å²) in [7, 11) is 3.14. The highest BCUT2D eigenvalue weighted by molar-refractivity contribution is 6.01. The highest BCUT2D eigenvalue weighted by atomic mass is 19.3. The minimum Gasteiger partial charge on any atom is -0.495 e. The molecule has 10 nitrogen and oxygen atoms in total. The van der Waals surface area contributed by atoms with E-state index in [1.165, 1.54) is 18.2 Å². The predicted octanol–water partition coefficient (Wildman–Crippen LogP) is 3.74. The van der Waals surface area contributed by atoms with Gasteiger partial charge in [0, 0.05) is 57.3 Å². The van der Waals surface area contributed by atoms with Gasteiger partial charge >= 0.3 is 0 Å². The van der Waals surface area contributed by atoms with E-state index < -0.39 is 17.4 Å². The number of ether oxygens (including phenoxy) is 2. The summed E-state index contributed by atoms with van der Waals surface area (Å²) in [5.41, 5.74) is 0.628. The van der Waals surface area contributed by atoms with Crippen LogP contribution in [-0.2, 0) is 9.53 Å². The average Bonchev–Trinajstić information content (AvgIpc) is 2.96. The number of benzene rings is 1. The smallest absolute Gasteiger partial charge is 0.252 e. The van der Waals surface area contributed by atoms with Gasteiger partial charge in [0.05, 0.1) is 24.4 Å². The number of hydrogen-bond acceptors (Lipinski definition) is 8. The lowest BCUT2D eigenvalue weighted by Crippen LogP contribution is -2.54. The summed E-state index contributed by atoms with van der Waals surface area (Å²) in [6, 6.07) is 4.65. The molecular formula is C27H34F2N6O4. The molecule has 39 heavy (non-hydrogen) atoms. The van der Waals surface area contributed by atoms with Crippen LogP contribution >= 0.6 is 0 Å². The average molecular weight is 545 g/mol. The highest BCUT2D eigenvalue weighted by Gasteiger charge is 2.51. The van der Waals surface area contributed by atoms with E-state index in [0.29, 0.717) is 41.7 Å². The molecule has 0 unspecified atom stereocenters. The van der Waals surface area contributed by atoms with Gasteiger partial charge < -0.3 is 29.9 Å². The number of aromatic nitrogens is 2. The van der Waals surface area contributed by atoms with Crippen molar-refractivity contribution < 1.29 is 27.8 Å². The van der Waals surface area contributed by atoms with Crippen molar-refractivity contribution in [3.63, 3.8) is 0 Å². The summed E-state index contributed by atoms with van der Waals surface area (Å²) in [6.45, 7) is 5.11. The molecule has 210 valence electrons. The molecule has 12 heteroatoms. The summed E-state index contributed by atoms with van der Waals surface area (Å²) in [5.74, 6) is -2.02. The molecule has 1 aliphatic carbocycles. The topological polar surface area (TPSA) is 109 Å². The van der Waals surface area contributed by atoms with Gasteiger partial charge in [0.25, 0.3) is 11.8 Å². The molecule has 1 aromatic heterocycles. The quantitative estimate of drug-likeness (QED) is 0.566. The maximum Gasteiger partial charge on any atom is 0.252 e. The van der Waals surface area contributed by atoms with Crippen molar-refractivity contribution in [2.45, 2.75) is 57.5 Å². The Kier molecular flexibility index (Phi) is 7.08. The lowest BCUT2D eigenvalue weighted by molar-refractivity contribution is -0.126. The molecule has 5 rings (SSSR count). The lowest BCUT2D eigenvalue weighted by Gasteiger charge is -2.44. The zero-order chi connectivity index (χ0) is 27.9. The van der Waals surface area contributed by atoms with E-state index in [1.54, 1.807) is 39.1 Å². The van der Waals surface area contributed by atoms with Crippen molar-refractivity contribution >= 4 is 35.0 Å². The van der Waals surface area contributed by atoms with Crippen molar-refractivity contribution in [3.8, 4) is 5.75 Å². The summed E-state index contributed by atoms with van der Waals surface area (Å²) in [6.07, 6.45) is 2.48. The summed E-state index contributed by atoms with van der Waals surface area (Å²) in [4.78, 5) is 38.3. The fourth-order valence-corrected chi connectivity index (χ4v) is 5.33. The Morgan fingerprint density at radius 1 is 1.21 bits per heavy atom. The first-order chi connectivity index (χ1) is 18.5. The summed E-state index contributed by atoms with van der Waals surface area (Å²) >= 11 is 0. The molecule has 0 radical (unpaired) electrons. The summed E-state index contributed by atoms with van der Waals surface area (Å²) < 4.78 is 38.6. The standard InChI is InChI=1S/C27H34F2N6O4/c1-26(2)15-35(18-12-27(28,29)13-18)22-20(34(3)24(26)37)14-30-25(33-22)32-19-6-5-16(11-21(19)38-4)23(36)31-17-7-9-39-10-8-17/h5-6,11,14,17-18H,7-10,12-13,15H2,1-4H3,(H,31,36)(H,30,32,33). The first-order valence-corrected chi connectivity index (χ1v) is 13.1. The zero-order valence-corrected chi connectivity index (χ0v) is 22.6. The van der Waals surface area contributed by atoms with Gasteiger partial charge in [-0.1, -0.05) is 0 Å². The number of halogens is 2. The van der Waals surface area contributed by atoms with Crippen LogP contribution in [0.3, 0.4) is 0 Å². The van der Waals surface area contributed by atoms with Crippen molar-refractivity contribution in [2.24, 2.45) is 5.41 Å². The number of fused-ring (bicyclic) bond motifs is 1. The van der Waals surface area contributed by atoms with Crippen molar-refractivity contribution in [2.75, 3.05) is 49.0 Å². The fraction of sp³-hybridized carbons (Fsp3) is 0.556. The molecule has 1 aromatic carbocycles. The maximum atomic E-state index is 13.8. The van der Waals surface area contributed by atoms with Crippen LogP contribution in [0.2, 0.25) is 0 Å². The first-order valence-electron chi connectivity index (χ1n) is 13.1. The van der Waals surface area contributed by atoms with E-state index in [0.717, 1.165) is 12.8 Å². The number of nitrogens with one attached hydrogen (secondary N) is 2. The highest BCUT2D eigenvalue weighted by Crippen LogP contribution is 2.46. The third-order valence-electron chi connectivity index (χ3n) is 7.61. The van der Waals surface area contributed by atoms with Crippen molar-refractivity contribution in [1.29, 1.82) is 0 Å². The molecule has 1 saturated heterocycles. The van der Waals surface area contributed by atoms with Gasteiger partial charge in [-0.15, -0.1) is 0 Å². The number of anilines is 4. The molecule has 3 aliphatic rings. The van der Waals surface area contributed by atoms with Crippen LogP contribution in [0.15, 0.2) is 24.4 Å². The number of methoxy groups -OCH3 is 1. The first kappa shape index (κ1) is 27.0. The number of hydrogen-bond donors (Lipinski definition) is 2. The van der Waals surface area contributed by atoms with Gasteiger partial charge in [-0.2, -0.15) is 4.98 Å². The lowest BCUT2D eigenvalue weighted by atomic mass is 9.84. The summed E-state index contributed by atoms with van der Waals surface area (Å²) in [5, 5.41) is 6.16. The number of amides is 2. The number of nitrogens with zero attached hydrogens (tertiary/aromatic N) is 4. The predicted molar refractivity (Wildman–Crippen MR) is 142 cm³/mol. The molecule has 0 bridgehead atoms. The van der Waals surface area contributed by atoms with Gasteiger partial charge in [0.15, 0.2) is 5.82 Å². The van der Waals surface area contributed by atoms with E-state index in [4.69, 9.17) is 9.47 Å². The van der Waals surface area contributed by atoms with Crippen LogP contribution in [-0.4, -0.2) is 73.7 Å². The minimum absolute atomic E-state index is 0.0663. The van der Waals surface area contributed by atoms with Crippen molar-refractivity contribution in [3.05, 3.63) is 30.0 Å². The second-order valence-electron chi connectivity index (χ2n) is 11.1. The Bertz CT molecular complexity index is 1260. The van der Waals surface area contributed by atoms with Gasteiger partial charge in [-0.25, -0.2) is 13.8 Å². The third kappa shape index (κ3) is 5.47. The van der Waals surface area contributed by atoms with Gasteiger partial charge in [0.1, 0.15) is 11.4 Å². The largest absolute Gasteiger partial charge is 0.495 e. The maximum absolute atomic E-state index is 13.8. The minimum atomic E-state index is -2.72. The Labute approximate surface area is 226 Å². The van der Waals surface area contributed by atoms with Gasteiger partial charge in [-0.05, 0) is 44.9 Å². The monoisotopic (exact) mass is 544 g/mol.